The minimum atomic E-state index is -0.151. The van der Waals surface area contributed by atoms with E-state index < -0.39 is 0 Å². The molecule has 5 nitrogen and oxygen atoms in total. The Morgan fingerprint density at radius 1 is 1.08 bits per heavy atom. The molecule has 1 amide bonds. The van der Waals surface area contributed by atoms with Crippen LogP contribution in [-0.2, 0) is 6.54 Å². The van der Waals surface area contributed by atoms with Gasteiger partial charge in [-0.25, -0.2) is 9.97 Å². The standard InChI is InChI=1S/C19H26N4O/c1-4-10-23(11-5-2)19-21-13-17(14-22-19)18(24)20-12-16-9-7-6-8-15(16)3/h6-9,13-14H,4-5,10-12H2,1-3H3,(H,20,24). The Bertz CT molecular complexity index is 649. The highest BCUT2D eigenvalue weighted by atomic mass is 16.1. The van der Waals surface area contributed by atoms with Crippen molar-refractivity contribution >= 4 is 11.9 Å². The third-order valence-corrected chi connectivity index (χ3v) is 3.87. The molecule has 0 radical (unpaired) electrons. The third kappa shape index (κ3) is 4.78. The van der Waals surface area contributed by atoms with Crippen LogP contribution in [0, 0.1) is 6.92 Å². The molecule has 0 bridgehead atoms. The molecule has 1 heterocycles. The molecule has 0 unspecified atom stereocenters. The summed E-state index contributed by atoms with van der Waals surface area (Å²) in [5.74, 6) is 0.538. The van der Waals surface area contributed by atoms with Gasteiger partial charge in [0.25, 0.3) is 5.91 Å². The lowest BCUT2D eigenvalue weighted by atomic mass is 10.1. The van der Waals surface area contributed by atoms with Crippen LogP contribution in [0.25, 0.3) is 0 Å². The van der Waals surface area contributed by atoms with Crippen LogP contribution in [0.4, 0.5) is 5.95 Å². The first-order valence-electron chi connectivity index (χ1n) is 8.55. The van der Waals surface area contributed by atoms with E-state index >= 15 is 0 Å². The van der Waals surface area contributed by atoms with Crippen LogP contribution < -0.4 is 10.2 Å². The number of carbonyl (C=O) groups is 1. The Balaban J connectivity index is 1.99. The molecule has 24 heavy (non-hydrogen) atoms. The number of rotatable bonds is 8. The molecule has 0 fully saturated rings. The summed E-state index contributed by atoms with van der Waals surface area (Å²) in [7, 11) is 0. The summed E-state index contributed by atoms with van der Waals surface area (Å²) < 4.78 is 0. The van der Waals surface area contributed by atoms with Gasteiger partial charge in [0.05, 0.1) is 5.56 Å². The van der Waals surface area contributed by atoms with Crippen LogP contribution in [0.5, 0.6) is 0 Å². The molecule has 0 saturated heterocycles. The summed E-state index contributed by atoms with van der Waals surface area (Å²) in [6, 6.07) is 8.02. The van der Waals surface area contributed by atoms with Crippen LogP contribution in [0.2, 0.25) is 0 Å². The monoisotopic (exact) mass is 326 g/mol. The van der Waals surface area contributed by atoms with Gasteiger partial charge in [0.1, 0.15) is 0 Å². The van der Waals surface area contributed by atoms with E-state index in [1.807, 2.05) is 31.2 Å². The molecule has 0 saturated carbocycles. The molecule has 1 aromatic heterocycles. The molecule has 128 valence electrons. The van der Waals surface area contributed by atoms with Gasteiger partial charge in [-0.15, -0.1) is 0 Å². The van der Waals surface area contributed by atoms with E-state index in [4.69, 9.17) is 0 Å². The van der Waals surface area contributed by atoms with Gasteiger partial charge < -0.3 is 10.2 Å². The van der Waals surface area contributed by atoms with Crippen molar-refractivity contribution in [3.8, 4) is 0 Å². The van der Waals surface area contributed by atoms with Gasteiger partial charge in [-0.2, -0.15) is 0 Å². The third-order valence-electron chi connectivity index (χ3n) is 3.87. The molecule has 0 aliphatic carbocycles. The first-order valence-corrected chi connectivity index (χ1v) is 8.55. The Hall–Kier alpha value is -2.43. The number of hydrogen-bond donors (Lipinski definition) is 1. The van der Waals surface area contributed by atoms with Crippen molar-refractivity contribution in [1.82, 2.24) is 15.3 Å². The number of carbonyl (C=O) groups excluding carboxylic acids is 1. The lowest BCUT2D eigenvalue weighted by molar-refractivity contribution is 0.0950. The topological polar surface area (TPSA) is 58.1 Å². The van der Waals surface area contributed by atoms with E-state index in [-0.39, 0.29) is 5.91 Å². The minimum Gasteiger partial charge on any atom is -0.348 e. The maximum atomic E-state index is 12.3. The molecule has 1 aromatic carbocycles. The van der Waals surface area contributed by atoms with Gasteiger partial charge >= 0.3 is 0 Å². The van der Waals surface area contributed by atoms with Crippen molar-refractivity contribution in [3.05, 3.63) is 53.3 Å². The summed E-state index contributed by atoms with van der Waals surface area (Å²) in [5.41, 5.74) is 2.76. The van der Waals surface area contributed by atoms with E-state index in [0.717, 1.165) is 31.5 Å². The van der Waals surface area contributed by atoms with Gasteiger partial charge in [0.2, 0.25) is 5.95 Å². The van der Waals surface area contributed by atoms with Gasteiger partial charge in [-0.1, -0.05) is 38.1 Å². The normalized spacial score (nSPS) is 10.5. The highest BCUT2D eigenvalue weighted by Gasteiger charge is 2.11. The quantitative estimate of drug-likeness (QED) is 0.808. The Morgan fingerprint density at radius 2 is 1.71 bits per heavy atom. The Morgan fingerprint density at radius 3 is 2.29 bits per heavy atom. The fraction of sp³-hybridized carbons (Fsp3) is 0.421. The predicted molar refractivity (Wildman–Crippen MR) is 97.2 cm³/mol. The number of hydrogen-bond acceptors (Lipinski definition) is 4. The van der Waals surface area contributed by atoms with E-state index in [0.29, 0.717) is 18.1 Å². The van der Waals surface area contributed by atoms with Crippen molar-refractivity contribution in [3.63, 3.8) is 0 Å². The lowest BCUT2D eigenvalue weighted by Crippen LogP contribution is -2.28. The fourth-order valence-corrected chi connectivity index (χ4v) is 2.54. The molecular weight excluding hydrogens is 300 g/mol. The van der Waals surface area contributed by atoms with Gasteiger partial charge in [-0.3, -0.25) is 4.79 Å². The van der Waals surface area contributed by atoms with Crippen LogP contribution in [0.15, 0.2) is 36.7 Å². The smallest absolute Gasteiger partial charge is 0.254 e. The fourth-order valence-electron chi connectivity index (χ4n) is 2.54. The van der Waals surface area contributed by atoms with Crippen LogP contribution >= 0.6 is 0 Å². The maximum Gasteiger partial charge on any atom is 0.254 e. The second kappa shape index (κ2) is 9.01. The molecule has 2 rings (SSSR count). The molecule has 0 atom stereocenters. The first-order chi connectivity index (χ1) is 11.7. The van der Waals surface area contributed by atoms with Crippen LogP contribution in [-0.4, -0.2) is 29.0 Å². The molecule has 0 aliphatic heterocycles. The van der Waals surface area contributed by atoms with Crippen molar-refractivity contribution < 1.29 is 4.79 Å². The maximum absolute atomic E-state index is 12.3. The largest absolute Gasteiger partial charge is 0.348 e. The predicted octanol–water partition coefficient (Wildman–Crippen LogP) is 3.34. The number of nitrogens with one attached hydrogen (secondary N) is 1. The van der Waals surface area contributed by atoms with Crippen molar-refractivity contribution in [1.29, 1.82) is 0 Å². The second-order valence-corrected chi connectivity index (χ2v) is 5.87. The van der Waals surface area contributed by atoms with Crippen LogP contribution in [0.1, 0.15) is 48.2 Å². The van der Waals surface area contributed by atoms with Crippen LogP contribution in [0.3, 0.4) is 0 Å². The average molecular weight is 326 g/mol. The summed E-state index contributed by atoms with van der Waals surface area (Å²) in [4.78, 5) is 23.1. The second-order valence-electron chi connectivity index (χ2n) is 5.87. The summed E-state index contributed by atoms with van der Waals surface area (Å²) >= 11 is 0. The highest BCUT2D eigenvalue weighted by molar-refractivity contribution is 5.93. The van der Waals surface area contributed by atoms with Gasteiger partial charge in [-0.05, 0) is 30.9 Å². The summed E-state index contributed by atoms with van der Waals surface area (Å²) in [5, 5.41) is 2.92. The zero-order valence-electron chi connectivity index (χ0n) is 14.7. The number of nitrogens with zero attached hydrogens (tertiary/aromatic N) is 3. The average Bonchev–Trinajstić information content (AvgIpc) is 2.61. The Kier molecular flexibility index (Phi) is 6.73. The minimum absolute atomic E-state index is 0.151. The van der Waals surface area contributed by atoms with Crippen molar-refractivity contribution in [2.45, 2.75) is 40.2 Å². The number of aromatic nitrogens is 2. The summed E-state index contributed by atoms with van der Waals surface area (Å²) in [6.45, 7) is 8.66. The molecule has 0 spiro atoms. The molecule has 1 N–H and O–H groups in total. The van der Waals surface area contributed by atoms with E-state index in [2.05, 4.69) is 34.0 Å². The van der Waals surface area contributed by atoms with Crippen molar-refractivity contribution in [2.75, 3.05) is 18.0 Å². The molecule has 5 heteroatoms. The number of aryl methyl sites for hydroxylation is 1. The van der Waals surface area contributed by atoms with Crippen molar-refractivity contribution in [2.24, 2.45) is 0 Å². The SMILES string of the molecule is CCCN(CCC)c1ncc(C(=O)NCc2ccccc2C)cn1. The molecular formula is C19H26N4O. The zero-order chi connectivity index (χ0) is 17.4. The summed E-state index contributed by atoms with van der Waals surface area (Å²) in [6.07, 6.45) is 5.30. The number of anilines is 1. The first kappa shape index (κ1) is 17.9. The lowest BCUT2D eigenvalue weighted by Gasteiger charge is -2.21. The highest BCUT2D eigenvalue weighted by Crippen LogP contribution is 2.10. The van der Waals surface area contributed by atoms with Gasteiger partial charge in [0, 0.05) is 32.0 Å². The Labute approximate surface area is 144 Å². The van der Waals surface area contributed by atoms with E-state index in [1.165, 1.54) is 5.56 Å². The van der Waals surface area contributed by atoms with E-state index in [9.17, 15) is 4.79 Å². The number of amides is 1. The zero-order valence-corrected chi connectivity index (χ0v) is 14.7. The molecule has 2 aromatic rings. The van der Waals surface area contributed by atoms with E-state index in [1.54, 1.807) is 12.4 Å². The molecule has 0 aliphatic rings. The van der Waals surface area contributed by atoms with Gasteiger partial charge in [0.15, 0.2) is 0 Å². The number of benzene rings is 1.